The number of hydrogen-bond donors (Lipinski definition) is 1. The first-order valence-electron chi connectivity index (χ1n) is 11.4. The summed E-state index contributed by atoms with van der Waals surface area (Å²) < 4.78 is 13.7. The molecule has 2 unspecified atom stereocenters. The van der Waals surface area contributed by atoms with E-state index in [0.29, 0.717) is 24.5 Å². The van der Waals surface area contributed by atoms with Crippen molar-refractivity contribution in [1.82, 2.24) is 9.47 Å². The average Bonchev–Trinajstić information content (AvgIpc) is 3.56. The number of aromatic nitrogens is 1. The molecule has 0 bridgehead atoms. The summed E-state index contributed by atoms with van der Waals surface area (Å²) in [5.74, 6) is 0.485. The smallest absolute Gasteiger partial charge is 0.239 e. The maximum atomic E-state index is 13.2. The van der Waals surface area contributed by atoms with Crippen LogP contribution in [0.3, 0.4) is 0 Å². The lowest BCUT2D eigenvalue weighted by Gasteiger charge is -2.24. The molecule has 7 nitrogen and oxygen atoms in total. The molecule has 4 heterocycles. The maximum Gasteiger partial charge on any atom is 0.239 e. The predicted molar refractivity (Wildman–Crippen MR) is 125 cm³/mol. The largest absolute Gasteiger partial charge is 0.377 e. The van der Waals surface area contributed by atoms with Gasteiger partial charge in [-0.15, -0.1) is 11.3 Å². The third kappa shape index (κ3) is 5.41. The molecule has 2 aromatic heterocycles. The second-order valence-electron chi connectivity index (χ2n) is 8.72. The molecule has 0 aliphatic carbocycles. The number of hydrogen-bond acceptors (Lipinski definition) is 6. The first-order chi connectivity index (χ1) is 15.5. The molecule has 2 fully saturated rings. The van der Waals surface area contributed by atoms with Crippen LogP contribution in [-0.2, 0) is 27.4 Å². The van der Waals surface area contributed by atoms with Crippen LogP contribution in [-0.4, -0.2) is 53.9 Å². The van der Waals surface area contributed by atoms with E-state index in [-0.39, 0.29) is 24.7 Å². The third-order valence-corrected chi connectivity index (χ3v) is 7.28. The fourth-order valence-electron chi connectivity index (χ4n) is 4.61. The minimum Gasteiger partial charge on any atom is -0.377 e. The summed E-state index contributed by atoms with van der Waals surface area (Å²) in [4.78, 5) is 16.5. The van der Waals surface area contributed by atoms with E-state index in [2.05, 4.69) is 27.7 Å². The van der Waals surface area contributed by atoms with Crippen molar-refractivity contribution in [2.24, 2.45) is 0 Å². The van der Waals surface area contributed by atoms with Crippen LogP contribution < -0.4 is 5.32 Å². The van der Waals surface area contributed by atoms with E-state index in [1.165, 1.54) is 4.88 Å². The second-order valence-corrected chi connectivity index (χ2v) is 9.76. The highest BCUT2D eigenvalue weighted by atomic mass is 32.1. The lowest BCUT2D eigenvalue weighted by Crippen LogP contribution is -2.38. The molecule has 0 spiro atoms. The summed E-state index contributed by atoms with van der Waals surface area (Å²) in [7, 11) is 0. The predicted octanol–water partition coefficient (Wildman–Crippen LogP) is 3.84. The van der Waals surface area contributed by atoms with Crippen LogP contribution in [0.1, 0.15) is 47.4 Å². The van der Waals surface area contributed by atoms with Crippen molar-refractivity contribution in [2.75, 3.05) is 31.6 Å². The third-order valence-electron chi connectivity index (χ3n) is 6.42. The van der Waals surface area contributed by atoms with Crippen molar-refractivity contribution in [3.05, 3.63) is 39.2 Å². The summed E-state index contributed by atoms with van der Waals surface area (Å²) in [5, 5.41) is 14.9. The summed E-state index contributed by atoms with van der Waals surface area (Å²) >= 11 is 1.70. The number of rotatable bonds is 9. The van der Waals surface area contributed by atoms with Crippen LogP contribution >= 0.6 is 11.3 Å². The molecule has 2 saturated heterocycles. The number of carbonyl (C=O) groups excluding carboxylic acids is 1. The minimum absolute atomic E-state index is 0.109. The molecule has 2 atom stereocenters. The molecule has 1 amide bonds. The van der Waals surface area contributed by atoms with Crippen LogP contribution in [0.25, 0.3) is 0 Å². The van der Waals surface area contributed by atoms with Crippen molar-refractivity contribution in [3.63, 3.8) is 0 Å². The number of nitrogens with zero attached hydrogens (tertiary/aromatic N) is 3. The first-order valence-corrected chi connectivity index (χ1v) is 12.3. The summed E-state index contributed by atoms with van der Waals surface area (Å²) in [6, 6.07) is 6.43. The van der Waals surface area contributed by atoms with Crippen LogP contribution in [0.5, 0.6) is 0 Å². The van der Waals surface area contributed by atoms with Gasteiger partial charge >= 0.3 is 0 Å². The van der Waals surface area contributed by atoms with Crippen molar-refractivity contribution in [1.29, 1.82) is 5.26 Å². The zero-order valence-corrected chi connectivity index (χ0v) is 19.7. The Bertz CT molecular complexity index is 951. The normalized spacial score (nSPS) is 20.7. The fourth-order valence-corrected chi connectivity index (χ4v) is 5.36. The molecule has 2 aromatic rings. The molecule has 1 N–H and O–H groups in total. The van der Waals surface area contributed by atoms with Gasteiger partial charge < -0.3 is 19.4 Å². The zero-order chi connectivity index (χ0) is 22.5. The highest BCUT2D eigenvalue weighted by Gasteiger charge is 2.26. The molecular weight excluding hydrogens is 424 g/mol. The van der Waals surface area contributed by atoms with Crippen molar-refractivity contribution in [3.8, 4) is 6.07 Å². The lowest BCUT2D eigenvalue weighted by molar-refractivity contribution is -0.117. The fraction of sp³-hybridized carbons (Fsp3) is 0.583. The van der Waals surface area contributed by atoms with Gasteiger partial charge in [0.1, 0.15) is 11.9 Å². The molecule has 172 valence electrons. The van der Waals surface area contributed by atoms with E-state index in [1.807, 2.05) is 24.5 Å². The quantitative estimate of drug-likeness (QED) is 0.620. The van der Waals surface area contributed by atoms with Gasteiger partial charge in [0, 0.05) is 36.9 Å². The molecule has 0 radical (unpaired) electrons. The Labute approximate surface area is 193 Å². The Hall–Kier alpha value is -2.18. The highest BCUT2D eigenvalue weighted by molar-refractivity contribution is 7.09. The Morgan fingerprint density at radius 3 is 2.66 bits per heavy atom. The number of anilines is 1. The van der Waals surface area contributed by atoms with Gasteiger partial charge in [-0.25, -0.2) is 0 Å². The second kappa shape index (κ2) is 10.6. The molecule has 0 aromatic carbocycles. The number of ether oxygens (including phenoxy) is 2. The summed E-state index contributed by atoms with van der Waals surface area (Å²) in [6.07, 6.45) is 4.45. The van der Waals surface area contributed by atoms with Gasteiger partial charge in [-0.2, -0.15) is 5.26 Å². The number of nitrogens with one attached hydrogen (secondary N) is 1. The number of thiophene rings is 1. The first kappa shape index (κ1) is 23.0. The maximum absolute atomic E-state index is 13.2. The topological polar surface area (TPSA) is 79.5 Å². The van der Waals surface area contributed by atoms with Crippen LogP contribution in [0.4, 0.5) is 5.82 Å². The van der Waals surface area contributed by atoms with E-state index >= 15 is 0 Å². The number of carbonyl (C=O) groups is 1. The number of nitriles is 1. The molecule has 2 aliphatic heterocycles. The van der Waals surface area contributed by atoms with Crippen LogP contribution in [0.2, 0.25) is 0 Å². The van der Waals surface area contributed by atoms with Crippen LogP contribution in [0.15, 0.2) is 17.5 Å². The number of amides is 1. The molecule has 8 heteroatoms. The standard InChI is InChI=1S/C24H32N4O3S/c1-17-18(2)28(14-20-7-4-10-31-20)24(22(17)12-25)26-23(29)16-27(13-19-6-3-9-30-19)15-21-8-5-11-32-21/h5,8,11,19-20H,3-4,6-7,9-10,13-16H2,1-2H3,(H,26,29). The average molecular weight is 457 g/mol. The van der Waals surface area contributed by atoms with E-state index in [4.69, 9.17) is 9.47 Å². The summed E-state index contributed by atoms with van der Waals surface area (Å²) in [6.45, 7) is 7.86. The lowest BCUT2D eigenvalue weighted by atomic mass is 10.2. The Balaban J connectivity index is 1.49. The van der Waals surface area contributed by atoms with Crippen molar-refractivity contribution < 1.29 is 14.3 Å². The van der Waals surface area contributed by atoms with E-state index < -0.39 is 0 Å². The Kier molecular flexibility index (Phi) is 7.63. The SMILES string of the molecule is Cc1c(C#N)c(NC(=O)CN(Cc2cccs2)CC2CCCO2)n(CC2CCCO2)c1C. The molecule has 4 rings (SSSR count). The van der Waals surface area contributed by atoms with Gasteiger partial charge in [-0.3, -0.25) is 9.69 Å². The van der Waals surface area contributed by atoms with E-state index in [0.717, 1.165) is 56.7 Å². The van der Waals surface area contributed by atoms with Gasteiger partial charge in [-0.05, 0) is 56.5 Å². The molecule has 32 heavy (non-hydrogen) atoms. The summed E-state index contributed by atoms with van der Waals surface area (Å²) in [5.41, 5.74) is 2.45. The van der Waals surface area contributed by atoms with E-state index in [9.17, 15) is 10.1 Å². The van der Waals surface area contributed by atoms with E-state index in [1.54, 1.807) is 11.3 Å². The van der Waals surface area contributed by atoms with Crippen molar-refractivity contribution in [2.45, 2.75) is 64.8 Å². The Morgan fingerprint density at radius 1 is 1.28 bits per heavy atom. The van der Waals surface area contributed by atoms with Gasteiger partial charge in [0.05, 0.1) is 30.9 Å². The van der Waals surface area contributed by atoms with Gasteiger partial charge in [0.25, 0.3) is 0 Å². The Morgan fingerprint density at radius 2 is 2.03 bits per heavy atom. The molecule has 2 aliphatic rings. The van der Waals surface area contributed by atoms with Gasteiger partial charge in [-0.1, -0.05) is 6.07 Å². The van der Waals surface area contributed by atoms with Crippen molar-refractivity contribution >= 4 is 23.1 Å². The highest BCUT2D eigenvalue weighted by Crippen LogP contribution is 2.28. The molecule has 0 saturated carbocycles. The van der Waals surface area contributed by atoms with Crippen LogP contribution in [0, 0.1) is 25.2 Å². The zero-order valence-electron chi connectivity index (χ0n) is 18.9. The monoisotopic (exact) mass is 456 g/mol. The molecular formula is C24H32N4O3S. The minimum atomic E-state index is -0.109. The van der Waals surface area contributed by atoms with Gasteiger partial charge in [0.15, 0.2) is 0 Å². The van der Waals surface area contributed by atoms with Gasteiger partial charge in [0.2, 0.25) is 5.91 Å².